The molecule has 2 heterocycles. The molecule has 0 unspecified atom stereocenters. The number of benzene rings is 2. The number of likely N-dealkylation sites (tertiary alicyclic amines) is 1. The first-order valence-corrected chi connectivity index (χ1v) is 11.9. The number of anilines is 1. The average molecular weight is 438 g/mol. The summed E-state index contributed by atoms with van der Waals surface area (Å²) < 4.78 is 2.09. The van der Waals surface area contributed by atoms with Crippen LogP contribution < -0.4 is 5.32 Å². The largest absolute Gasteiger partial charge is 0.339 e. The Balaban J connectivity index is 1.31. The first kappa shape index (κ1) is 20.6. The van der Waals surface area contributed by atoms with Gasteiger partial charge >= 0.3 is 0 Å². The number of amides is 2. The van der Waals surface area contributed by atoms with Gasteiger partial charge in [-0.05, 0) is 48.9 Å². The fraction of sp³-hybridized carbons (Fsp3) is 0.261. The second kappa shape index (κ2) is 9.45. The van der Waals surface area contributed by atoms with Gasteiger partial charge in [-0.15, -0.1) is 11.3 Å². The van der Waals surface area contributed by atoms with Crippen LogP contribution in [0.15, 0.2) is 58.9 Å². The molecule has 1 aliphatic heterocycles. The minimum atomic E-state index is -0.0777. The van der Waals surface area contributed by atoms with E-state index >= 15 is 0 Å². The topological polar surface area (TPSA) is 62.3 Å². The molecule has 1 saturated heterocycles. The zero-order valence-electron chi connectivity index (χ0n) is 16.7. The number of hydrogen-bond donors (Lipinski definition) is 1. The van der Waals surface area contributed by atoms with Crippen molar-refractivity contribution in [2.75, 3.05) is 24.7 Å². The Kier molecular flexibility index (Phi) is 6.50. The van der Waals surface area contributed by atoms with Crippen molar-refractivity contribution < 1.29 is 9.59 Å². The lowest BCUT2D eigenvalue weighted by Crippen LogP contribution is -2.40. The van der Waals surface area contributed by atoms with E-state index in [-0.39, 0.29) is 17.7 Å². The van der Waals surface area contributed by atoms with Crippen LogP contribution in [0.1, 0.15) is 18.4 Å². The van der Waals surface area contributed by atoms with Crippen LogP contribution in [0.5, 0.6) is 0 Å². The fourth-order valence-corrected chi connectivity index (χ4v) is 5.04. The van der Waals surface area contributed by atoms with E-state index in [4.69, 9.17) is 0 Å². The molecular formula is C23H23N3O2S2. The first-order chi connectivity index (χ1) is 14.6. The van der Waals surface area contributed by atoms with Crippen LogP contribution in [0, 0.1) is 5.92 Å². The predicted molar refractivity (Wildman–Crippen MR) is 125 cm³/mol. The molecule has 0 radical (unpaired) electrons. The summed E-state index contributed by atoms with van der Waals surface area (Å²) in [6, 6.07) is 15.6. The third-order valence-electron chi connectivity index (χ3n) is 5.21. The maximum atomic E-state index is 12.7. The lowest BCUT2D eigenvalue weighted by atomic mass is 9.95. The van der Waals surface area contributed by atoms with Crippen molar-refractivity contribution in [2.45, 2.75) is 17.2 Å². The van der Waals surface area contributed by atoms with Gasteiger partial charge in [0.15, 0.2) is 4.34 Å². The van der Waals surface area contributed by atoms with Gasteiger partial charge in [0, 0.05) is 30.8 Å². The summed E-state index contributed by atoms with van der Waals surface area (Å²) in [5.41, 5.74) is 2.76. The Morgan fingerprint density at radius 1 is 1.17 bits per heavy atom. The van der Waals surface area contributed by atoms with Crippen LogP contribution in [0.4, 0.5) is 5.69 Å². The molecule has 7 heteroatoms. The highest BCUT2D eigenvalue weighted by Gasteiger charge is 2.26. The lowest BCUT2D eigenvalue weighted by Gasteiger charge is -2.30. The van der Waals surface area contributed by atoms with Gasteiger partial charge in [-0.3, -0.25) is 9.59 Å². The molecule has 154 valence electrons. The molecule has 1 N–H and O–H groups in total. The van der Waals surface area contributed by atoms with Crippen molar-refractivity contribution in [1.82, 2.24) is 9.88 Å². The van der Waals surface area contributed by atoms with Crippen molar-refractivity contribution in [3.8, 4) is 0 Å². The monoisotopic (exact) mass is 437 g/mol. The summed E-state index contributed by atoms with van der Waals surface area (Å²) in [5.74, 6) is -0.0556. The Hall–Kier alpha value is -2.64. The number of carbonyl (C=O) groups is 2. The van der Waals surface area contributed by atoms with Gasteiger partial charge in [-0.1, -0.05) is 42.1 Å². The standard InChI is InChI=1S/C23H23N3O2S2/c1-29-23-25-19-9-8-18(15-20(19)30-23)24-22(28)17-11-13-26(14-12-17)21(27)10-7-16-5-3-2-4-6-16/h2-10,15,17H,11-14H2,1H3,(H,24,28)/b10-7+. The number of nitrogens with one attached hydrogen (secondary N) is 1. The fourth-order valence-electron chi connectivity index (χ4n) is 3.51. The minimum absolute atomic E-state index is 0.00189. The summed E-state index contributed by atoms with van der Waals surface area (Å²) in [6.07, 6.45) is 6.81. The molecule has 5 nitrogen and oxygen atoms in total. The van der Waals surface area contributed by atoms with E-state index in [2.05, 4.69) is 10.3 Å². The third kappa shape index (κ3) is 4.91. The maximum Gasteiger partial charge on any atom is 0.246 e. The molecule has 0 aliphatic carbocycles. The molecule has 1 aliphatic rings. The summed E-state index contributed by atoms with van der Waals surface area (Å²) in [4.78, 5) is 31.5. The van der Waals surface area contributed by atoms with E-state index in [0.29, 0.717) is 25.9 Å². The van der Waals surface area contributed by atoms with Gasteiger partial charge in [0.05, 0.1) is 10.2 Å². The summed E-state index contributed by atoms with van der Waals surface area (Å²) in [7, 11) is 0. The van der Waals surface area contributed by atoms with E-state index < -0.39 is 0 Å². The quantitative estimate of drug-likeness (QED) is 0.455. The van der Waals surface area contributed by atoms with Gasteiger partial charge in [0.2, 0.25) is 11.8 Å². The molecule has 2 aromatic carbocycles. The number of nitrogens with zero attached hydrogens (tertiary/aromatic N) is 2. The van der Waals surface area contributed by atoms with Crippen molar-refractivity contribution in [3.63, 3.8) is 0 Å². The highest BCUT2D eigenvalue weighted by molar-refractivity contribution is 8.00. The number of thioether (sulfide) groups is 1. The Labute approximate surface area is 184 Å². The van der Waals surface area contributed by atoms with E-state index in [1.807, 2.05) is 65.8 Å². The van der Waals surface area contributed by atoms with Gasteiger partial charge in [0.25, 0.3) is 0 Å². The van der Waals surface area contributed by atoms with Crippen LogP contribution >= 0.6 is 23.1 Å². The molecule has 4 rings (SSSR count). The van der Waals surface area contributed by atoms with Crippen LogP contribution in [-0.2, 0) is 9.59 Å². The summed E-state index contributed by atoms with van der Waals surface area (Å²) in [5, 5.41) is 3.04. The summed E-state index contributed by atoms with van der Waals surface area (Å²) in [6.45, 7) is 1.20. The Bertz CT molecular complexity index is 1070. The van der Waals surface area contributed by atoms with E-state index in [1.165, 1.54) is 0 Å². The second-order valence-corrected chi connectivity index (χ2v) is 9.28. The van der Waals surface area contributed by atoms with Crippen LogP contribution in [0.2, 0.25) is 0 Å². The SMILES string of the molecule is CSc1nc2ccc(NC(=O)C3CCN(C(=O)/C=C/c4ccccc4)CC3)cc2s1. The molecule has 0 atom stereocenters. The van der Waals surface area contributed by atoms with Crippen LogP contribution in [0.3, 0.4) is 0 Å². The normalized spacial score (nSPS) is 15.0. The number of piperidine rings is 1. The maximum absolute atomic E-state index is 12.7. The number of rotatable bonds is 5. The molecule has 0 saturated carbocycles. The first-order valence-electron chi connectivity index (χ1n) is 9.90. The molecule has 1 fully saturated rings. The van der Waals surface area contributed by atoms with Gasteiger partial charge in [-0.2, -0.15) is 0 Å². The van der Waals surface area contributed by atoms with E-state index in [0.717, 1.165) is 25.8 Å². The van der Waals surface area contributed by atoms with E-state index in [1.54, 1.807) is 29.2 Å². The molecule has 0 spiro atoms. The second-order valence-electron chi connectivity index (χ2n) is 7.20. The van der Waals surface area contributed by atoms with E-state index in [9.17, 15) is 9.59 Å². The molecule has 30 heavy (non-hydrogen) atoms. The lowest BCUT2D eigenvalue weighted by molar-refractivity contribution is -0.130. The molecule has 3 aromatic rings. The molecule has 0 bridgehead atoms. The number of thiazole rings is 1. The third-order valence-corrected chi connectivity index (χ3v) is 7.21. The smallest absolute Gasteiger partial charge is 0.246 e. The summed E-state index contributed by atoms with van der Waals surface area (Å²) >= 11 is 3.26. The molecular weight excluding hydrogens is 414 g/mol. The zero-order valence-corrected chi connectivity index (χ0v) is 18.3. The van der Waals surface area contributed by atoms with Gasteiger partial charge < -0.3 is 10.2 Å². The number of aromatic nitrogens is 1. The highest BCUT2D eigenvalue weighted by atomic mass is 32.2. The van der Waals surface area contributed by atoms with Gasteiger partial charge in [0.1, 0.15) is 0 Å². The highest BCUT2D eigenvalue weighted by Crippen LogP contribution is 2.30. The van der Waals surface area contributed by atoms with Crippen LogP contribution in [-0.4, -0.2) is 41.0 Å². The predicted octanol–water partition coefficient (Wildman–Crippen LogP) is 4.91. The van der Waals surface area contributed by atoms with Crippen molar-refractivity contribution >= 4 is 56.9 Å². The van der Waals surface area contributed by atoms with Crippen LogP contribution in [0.25, 0.3) is 16.3 Å². The minimum Gasteiger partial charge on any atom is -0.339 e. The molecule has 2 amide bonds. The Morgan fingerprint density at radius 2 is 1.93 bits per heavy atom. The van der Waals surface area contributed by atoms with Gasteiger partial charge in [-0.25, -0.2) is 4.98 Å². The molecule has 1 aromatic heterocycles. The number of fused-ring (bicyclic) bond motifs is 1. The zero-order chi connectivity index (χ0) is 20.9. The van der Waals surface area contributed by atoms with Crippen molar-refractivity contribution in [1.29, 1.82) is 0 Å². The van der Waals surface area contributed by atoms with Crippen molar-refractivity contribution in [3.05, 3.63) is 60.2 Å². The number of hydrogen-bond acceptors (Lipinski definition) is 5. The van der Waals surface area contributed by atoms with Crippen molar-refractivity contribution in [2.24, 2.45) is 5.92 Å². The Morgan fingerprint density at radius 3 is 2.67 bits per heavy atom. The average Bonchev–Trinajstić information content (AvgIpc) is 3.21. The number of carbonyl (C=O) groups excluding carboxylic acids is 2.